The summed E-state index contributed by atoms with van der Waals surface area (Å²) in [5.41, 5.74) is 2.31. The molecule has 0 radical (unpaired) electrons. The smallest absolute Gasteiger partial charge is 0.191 e. The lowest BCUT2D eigenvalue weighted by Gasteiger charge is -2.10. The van der Waals surface area contributed by atoms with Crippen LogP contribution in [0.2, 0.25) is 0 Å². The molecule has 0 unspecified atom stereocenters. The molecule has 1 heterocycles. The fourth-order valence-corrected chi connectivity index (χ4v) is 1.54. The maximum atomic E-state index is 4.46. The lowest BCUT2D eigenvalue weighted by molar-refractivity contribution is 0.791. The van der Waals surface area contributed by atoms with Crippen LogP contribution in [0.25, 0.3) is 0 Å². The number of aryl methyl sites for hydroxylation is 1. The van der Waals surface area contributed by atoms with Crippen LogP contribution in [-0.2, 0) is 6.42 Å². The van der Waals surface area contributed by atoms with Crippen molar-refractivity contribution in [2.45, 2.75) is 33.6 Å². The van der Waals surface area contributed by atoms with E-state index in [2.05, 4.69) is 40.5 Å². The molecule has 0 atom stereocenters. The molecule has 2 N–H and O–H groups in total. The van der Waals surface area contributed by atoms with Gasteiger partial charge < -0.3 is 10.6 Å². The summed E-state index contributed by atoms with van der Waals surface area (Å²) in [6.45, 7) is 8.84. The van der Waals surface area contributed by atoms with E-state index in [-0.39, 0.29) is 0 Å². The van der Waals surface area contributed by atoms with Crippen LogP contribution in [0, 0.1) is 6.92 Å². The molecule has 1 aromatic heterocycles. The van der Waals surface area contributed by atoms with Crippen molar-refractivity contribution in [1.29, 1.82) is 0 Å². The van der Waals surface area contributed by atoms with Gasteiger partial charge in [0.25, 0.3) is 0 Å². The van der Waals surface area contributed by atoms with Gasteiger partial charge in [0.05, 0.1) is 0 Å². The Labute approximate surface area is 110 Å². The molecule has 0 aliphatic heterocycles. The number of aliphatic imine (C=N–C) groups is 1. The summed E-state index contributed by atoms with van der Waals surface area (Å²) in [4.78, 5) is 8.75. The van der Waals surface area contributed by atoms with Gasteiger partial charge in [0, 0.05) is 31.5 Å². The van der Waals surface area contributed by atoms with Gasteiger partial charge in [-0.1, -0.05) is 13.0 Å². The van der Waals surface area contributed by atoms with Crippen LogP contribution in [0.5, 0.6) is 0 Å². The number of hydrogen-bond acceptors (Lipinski definition) is 2. The number of hydrogen-bond donors (Lipinski definition) is 2. The van der Waals surface area contributed by atoms with Gasteiger partial charge in [-0.15, -0.1) is 0 Å². The van der Waals surface area contributed by atoms with Crippen molar-refractivity contribution >= 4 is 5.96 Å². The normalized spacial score (nSPS) is 11.4. The first-order valence-corrected chi connectivity index (χ1v) is 6.70. The van der Waals surface area contributed by atoms with Crippen LogP contribution in [0.3, 0.4) is 0 Å². The van der Waals surface area contributed by atoms with Gasteiger partial charge in [0.15, 0.2) is 5.96 Å². The second-order valence-corrected chi connectivity index (χ2v) is 4.25. The Morgan fingerprint density at radius 1 is 1.28 bits per heavy atom. The molecule has 1 rings (SSSR count). The third kappa shape index (κ3) is 5.66. The summed E-state index contributed by atoms with van der Waals surface area (Å²) >= 11 is 0. The summed E-state index contributed by atoms with van der Waals surface area (Å²) in [6, 6.07) is 4.17. The van der Waals surface area contributed by atoms with Gasteiger partial charge in [-0.25, -0.2) is 0 Å². The minimum Gasteiger partial charge on any atom is -0.357 e. The van der Waals surface area contributed by atoms with Crippen molar-refractivity contribution in [2.24, 2.45) is 4.99 Å². The van der Waals surface area contributed by atoms with E-state index in [0.29, 0.717) is 0 Å². The fraction of sp³-hybridized carbons (Fsp3) is 0.571. The van der Waals surface area contributed by atoms with Gasteiger partial charge in [0.1, 0.15) is 0 Å². The summed E-state index contributed by atoms with van der Waals surface area (Å²) in [7, 11) is 0. The van der Waals surface area contributed by atoms with E-state index in [4.69, 9.17) is 0 Å². The number of rotatable bonds is 6. The Bertz CT molecular complexity index is 357. The van der Waals surface area contributed by atoms with E-state index in [9.17, 15) is 0 Å². The number of pyridine rings is 1. The zero-order chi connectivity index (χ0) is 13.2. The second kappa shape index (κ2) is 8.50. The first kappa shape index (κ1) is 14.5. The molecule has 0 amide bonds. The lowest BCUT2D eigenvalue weighted by Crippen LogP contribution is -2.38. The van der Waals surface area contributed by atoms with E-state index in [0.717, 1.165) is 44.1 Å². The van der Waals surface area contributed by atoms with Gasteiger partial charge in [-0.2, -0.15) is 0 Å². The minimum atomic E-state index is 0.863. The monoisotopic (exact) mass is 248 g/mol. The van der Waals surface area contributed by atoms with Crippen LogP contribution < -0.4 is 10.6 Å². The van der Waals surface area contributed by atoms with E-state index in [1.165, 1.54) is 5.56 Å². The topological polar surface area (TPSA) is 49.3 Å². The Hall–Kier alpha value is -1.58. The van der Waals surface area contributed by atoms with Crippen LogP contribution in [0.1, 0.15) is 31.5 Å². The third-order valence-electron chi connectivity index (χ3n) is 2.52. The Balaban J connectivity index is 2.36. The summed E-state index contributed by atoms with van der Waals surface area (Å²) in [5, 5.41) is 6.57. The molecule has 0 fully saturated rings. The summed E-state index contributed by atoms with van der Waals surface area (Å²) in [5.74, 6) is 0.902. The number of nitrogens with zero attached hydrogens (tertiary/aromatic N) is 2. The highest BCUT2D eigenvalue weighted by Crippen LogP contribution is 1.99. The molecule has 0 aliphatic carbocycles. The molecule has 100 valence electrons. The third-order valence-corrected chi connectivity index (χ3v) is 2.52. The maximum Gasteiger partial charge on any atom is 0.191 e. The Morgan fingerprint density at radius 3 is 2.72 bits per heavy atom. The molecule has 0 aromatic carbocycles. The summed E-state index contributed by atoms with van der Waals surface area (Å²) in [6.07, 6.45) is 3.97. The molecular formula is C14H24N4. The fourth-order valence-electron chi connectivity index (χ4n) is 1.54. The van der Waals surface area contributed by atoms with Gasteiger partial charge >= 0.3 is 0 Å². The first-order valence-electron chi connectivity index (χ1n) is 6.70. The molecule has 0 bridgehead atoms. The van der Waals surface area contributed by atoms with E-state index < -0.39 is 0 Å². The molecule has 18 heavy (non-hydrogen) atoms. The molecule has 0 spiro atoms. The molecule has 4 nitrogen and oxygen atoms in total. The SMILES string of the molecule is CCCN=C(NCC)NCCc1ccc(C)nc1. The van der Waals surface area contributed by atoms with Gasteiger partial charge in [-0.3, -0.25) is 9.98 Å². The Kier molecular flexibility index (Phi) is 6.84. The average Bonchev–Trinajstić information content (AvgIpc) is 2.38. The number of guanidine groups is 1. The predicted molar refractivity (Wildman–Crippen MR) is 77.0 cm³/mol. The molecule has 4 heteroatoms. The standard InChI is InChI=1S/C14H24N4/c1-4-9-16-14(15-5-2)17-10-8-13-7-6-12(3)18-11-13/h6-7,11H,4-5,8-10H2,1-3H3,(H2,15,16,17). The van der Waals surface area contributed by atoms with Crippen molar-refractivity contribution in [1.82, 2.24) is 15.6 Å². The van der Waals surface area contributed by atoms with Gasteiger partial charge in [-0.05, 0) is 38.3 Å². The van der Waals surface area contributed by atoms with E-state index in [1.807, 2.05) is 19.2 Å². The van der Waals surface area contributed by atoms with Crippen LogP contribution >= 0.6 is 0 Å². The molecule has 0 aliphatic rings. The highest BCUT2D eigenvalue weighted by Gasteiger charge is 1.97. The van der Waals surface area contributed by atoms with E-state index in [1.54, 1.807) is 0 Å². The number of nitrogens with one attached hydrogen (secondary N) is 2. The molecular weight excluding hydrogens is 224 g/mol. The molecule has 1 aromatic rings. The number of aromatic nitrogens is 1. The molecule has 0 saturated carbocycles. The highest BCUT2D eigenvalue weighted by atomic mass is 15.2. The van der Waals surface area contributed by atoms with Crippen molar-refractivity contribution < 1.29 is 0 Å². The van der Waals surface area contributed by atoms with Crippen LogP contribution in [0.4, 0.5) is 0 Å². The quantitative estimate of drug-likeness (QED) is 0.597. The second-order valence-electron chi connectivity index (χ2n) is 4.25. The Morgan fingerprint density at radius 2 is 2.11 bits per heavy atom. The van der Waals surface area contributed by atoms with Crippen molar-refractivity contribution in [2.75, 3.05) is 19.6 Å². The van der Waals surface area contributed by atoms with Gasteiger partial charge in [0.2, 0.25) is 0 Å². The van der Waals surface area contributed by atoms with Crippen LogP contribution in [0.15, 0.2) is 23.3 Å². The first-order chi connectivity index (χ1) is 8.76. The van der Waals surface area contributed by atoms with Crippen LogP contribution in [-0.4, -0.2) is 30.6 Å². The lowest BCUT2D eigenvalue weighted by atomic mass is 10.2. The zero-order valence-corrected chi connectivity index (χ0v) is 11.7. The van der Waals surface area contributed by atoms with Crippen molar-refractivity contribution in [3.05, 3.63) is 29.6 Å². The van der Waals surface area contributed by atoms with Crippen molar-refractivity contribution in [3.63, 3.8) is 0 Å². The zero-order valence-electron chi connectivity index (χ0n) is 11.7. The maximum absolute atomic E-state index is 4.46. The average molecular weight is 248 g/mol. The minimum absolute atomic E-state index is 0.863. The predicted octanol–water partition coefficient (Wildman–Crippen LogP) is 1.90. The van der Waals surface area contributed by atoms with Crippen molar-refractivity contribution in [3.8, 4) is 0 Å². The highest BCUT2D eigenvalue weighted by molar-refractivity contribution is 5.79. The summed E-state index contributed by atoms with van der Waals surface area (Å²) < 4.78 is 0. The van der Waals surface area contributed by atoms with E-state index >= 15 is 0 Å². The molecule has 0 saturated heterocycles. The largest absolute Gasteiger partial charge is 0.357 e.